The van der Waals surface area contributed by atoms with Crippen molar-refractivity contribution in [1.29, 1.82) is 0 Å². The van der Waals surface area contributed by atoms with Gasteiger partial charge in [-0.2, -0.15) is 0 Å². The van der Waals surface area contributed by atoms with Gasteiger partial charge in [-0.15, -0.1) is 0 Å². The molecule has 5 rings (SSSR count). The third-order valence-electron chi connectivity index (χ3n) is 4.58. The molecule has 5 aromatic rings. The zero-order chi connectivity index (χ0) is 17.8. The number of benzene rings is 3. The van der Waals surface area contributed by atoms with E-state index in [1.807, 2.05) is 24.3 Å². The normalized spacial score (nSPS) is 11.7. The minimum Gasteiger partial charge on any atom is -0.291 e. The molecule has 0 bridgehead atoms. The Labute approximate surface area is 173 Å². The molecule has 0 unspecified atom stereocenters. The van der Waals surface area contributed by atoms with Crippen molar-refractivity contribution in [2.24, 2.45) is 0 Å². The molecule has 0 aliphatic heterocycles. The van der Waals surface area contributed by atoms with Gasteiger partial charge in [-0.1, -0.05) is 77.8 Å². The molecule has 0 saturated carbocycles. The van der Waals surface area contributed by atoms with Gasteiger partial charge in [-0.05, 0) is 40.3 Å². The number of hydrogen-bond acceptors (Lipinski definition) is 1. The molecule has 0 spiro atoms. The summed E-state index contributed by atoms with van der Waals surface area (Å²) in [6.45, 7) is 0. The van der Waals surface area contributed by atoms with Crippen LogP contribution in [0.1, 0.15) is 0 Å². The molecule has 0 amide bonds. The highest BCUT2D eigenvalue weighted by atomic mass is 127. The molecule has 0 aliphatic carbocycles. The summed E-state index contributed by atoms with van der Waals surface area (Å²) in [5.74, 6) is 0. The van der Waals surface area contributed by atoms with Crippen LogP contribution in [0.25, 0.3) is 38.7 Å². The second-order valence-corrected chi connectivity index (χ2v) is 7.99. The zero-order valence-electron chi connectivity index (χ0n) is 13.4. The van der Waals surface area contributed by atoms with Gasteiger partial charge in [0.15, 0.2) is 0 Å². The fourth-order valence-electron chi connectivity index (χ4n) is 3.43. The maximum atomic E-state index is 6.33. The van der Waals surface area contributed by atoms with E-state index in [-0.39, 0.29) is 0 Å². The maximum Gasteiger partial charge on any atom is 0.146 e. The van der Waals surface area contributed by atoms with Crippen LogP contribution in [0.5, 0.6) is 0 Å². The Morgan fingerprint density at radius 2 is 1.46 bits per heavy atom. The van der Waals surface area contributed by atoms with Crippen LogP contribution >= 0.6 is 45.8 Å². The standard InChI is InChI=1S/C21H11Cl2IN2/c22-15-10-17-18(11-16(15)23)26-20(12-6-2-1-3-7-12)19(24)13-8-4-5-9-14(13)21(26)25-17/h1-11H. The molecule has 0 saturated heterocycles. The molecule has 2 heterocycles. The van der Waals surface area contributed by atoms with Crippen molar-refractivity contribution in [2.75, 3.05) is 0 Å². The molecule has 126 valence electrons. The van der Waals surface area contributed by atoms with E-state index < -0.39 is 0 Å². The van der Waals surface area contributed by atoms with Crippen LogP contribution in [0.3, 0.4) is 0 Å². The van der Waals surface area contributed by atoms with E-state index >= 15 is 0 Å². The molecule has 5 heteroatoms. The lowest BCUT2D eigenvalue weighted by atomic mass is 10.1. The summed E-state index contributed by atoms with van der Waals surface area (Å²) in [4.78, 5) is 4.89. The number of nitrogens with zero attached hydrogens (tertiary/aromatic N) is 2. The molecular weight excluding hydrogens is 478 g/mol. The van der Waals surface area contributed by atoms with E-state index in [4.69, 9.17) is 28.2 Å². The first kappa shape index (κ1) is 16.4. The van der Waals surface area contributed by atoms with Crippen LogP contribution in [-0.4, -0.2) is 9.38 Å². The SMILES string of the molecule is Clc1cc2nc3c4ccccc4c(I)c(-c4ccccc4)n3c2cc1Cl. The number of halogens is 3. The number of rotatable bonds is 1. The third-order valence-corrected chi connectivity index (χ3v) is 6.39. The monoisotopic (exact) mass is 488 g/mol. The van der Waals surface area contributed by atoms with Crippen molar-refractivity contribution >= 4 is 73.2 Å². The van der Waals surface area contributed by atoms with E-state index in [0.29, 0.717) is 10.0 Å². The number of imidazole rings is 1. The minimum atomic E-state index is 0.517. The van der Waals surface area contributed by atoms with E-state index in [9.17, 15) is 0 Å². The number of fused-ring (bicyclic) bond motifs is 5. The van der Waals surface area contributed by atoms with E-state index in [1.54, 1.807) is 0 Å². The minimum absolute atomic E-state index is 0.517. The average molecular weight is 489 g/mol. The second-order valence-electron chi connectivity index (χ2n) is 6.10. The lowest BCUT2D eigenvalue weighted by Crippen LogP contribution is -1.98. The second kappa shape index (κ2) is 6.12. The smallest absolute Gasteiger partial charge is 0.146 e. The van der Waals surface area contributed by atoms with Crippen molar-refractivity contribution in [3.63, 3.8) is 0 Å². The zero-order valence-corrected chi connectivity index (χ0v) is 17.0. The first-order valence-corrected chi connectivity index (χ1v) is 9.91. The van der Waals surface area contributed by atoms with E-state index in [0.717, 1.165) is 33.3 Å². The van der Waals surface area contributed by atoms with Gasteiger partial charge >= 0.3 is 0 Å². The largest absolute Gasteiger partial charge is 0.291 e. The summed E-state index contributed by atoms with van der Waals surface area (Å²) in [6.07, 6.45) is 0. The molecule has 0 N–H and O–H groups in total. The highest BCUT2D eigenvalue weighted by Gasteiger charge is 2.18. The van der Waals surface area contributed by atoms with Crippen LogP contribution in [0.4, 0.5) is 0 Å². The lowest BCUT2D eigenvalue weighted by molar-refractivity contribution is 1.24. The van der Waals surface area contributed by atoms with Gasteiger partial charge in [-0.25, -0.2) is 4.98 Å². The summed E-state index contributed by atoms with van der Waals surface area (Å²) in [6, 6.07) is 22.5. The number of aromatic nitrogens is 2. The summed E-state index contributed by atoms with van der Waals surface area (Å²) < 4.78 is 3.37. The van der Waals surface area contributed by atoms with Gasteiger partial charge in [0.2, 0.25) is 0 Å². The van der Waals surface area contributed by atoms with Crippen molar-refractivity contribution < 1.29 is 0 Å². The Kier molecular flexibility index (Phi) is 3.85. The summed E-state index contributed by atoms with van der Waals surface area (Å²) in [7, 11) is 0. The van der Waals surface area contributed by atoms with Crippen LogP contribution in [0, 0.1) is 3.57 Å². The highest BCUT2D eigenvalue weighted by molar-refractivity contribution is 14.1. The maximum absolute atomic E-state index is 6.33. The quantitative estimate of drug-likeness (QED) is 0.228. The number of pyridine rings is 1. The summed E-state index contributed by atoms with van der Waals surface area (Å²) in [5.41, 5.74) is 4.95. The van der Waals surface area contributed by atoms with Crippen molar-refractivity contribution in [2.45, 2.75) is 0 Å². The molecule has 0 fully saturated rings. The van der Waals surface area contributed by atoms with E-state index in [2.05, 4.69) is 69.5 Å². The van der Waals surface area contributed by atoms with Crippen LogP contribution < -0.4 is 0 Å². The van der Waals surface area contributed by atoms with Crippen molar-refractivity contribution in [3.8, 4) is 11.3 Å². The first-order valence-electron chi connectivity index (χ1n) is 8.08. The average Bonchev–Trinajstić information content (AvgIpc) is 3.02. The molecule has 0 atom stereocenters. The van der Waals surface area contributed by atoms with E-state index in [1.165, 1.54) is 8.96 Å². The lowest BCUT2D eigenvalue weighted by Gasteiger charge is -2.13. The van der Waals surface area contributed by atoms with Gasteiger partial charge < -0.3 is 0 Å². The van der Waals surface area contributed by atoms with Gasteiger partial charge in [-0.3, -0.25) is 4.40 Å². The molecule has 0 aliphatic rings. The molecular formula is C21H11Cl2IN2. The Morgan fingerprint density at radius 1 is 0.808 bits per heavy atom. The molecule has 2 nitrogen and oxygen atoms in total. The Bertz CT molecular complexity index is 1310. The Morgan fingerprint density at radius 3 is 2.23 bits per heavy atom. The first-order chi connectivity index (χ1) is 12.6. The number of hydrogen-bond donors (Lipinski definition) is 0. The summed E-state index contributed by atoms with van der Waals surface area (Å²) >= 11 is 15.0. The predicted molar refractivity (Wildman–Crippen MR) is 118 cm³/mol. The van der Waals surface area contributed by atoms with Crippen LogP contribution in [-0.2, 0) is 0 Å². The highest BCUT2D eigenvalue weighted by Crippen LogP contribution is 2.38. The molecule has 0 radical (unpaired) electrons. The Balaban J connectivity index is 2.10. The van der Waals surface area contributed by atoms with Crippen molar-refractivity contribution in [1.82, 2.24) is 9.38 Å². The van der Waals surface area contributed by atoms with Gasteiger partial charge in [0.25, 0.3) is 0 Å². The van der Waals surface area contributed by atoms with Gasteiger partial charge in [0, 0.05) is 14.3 Å². The fraction of sp³-hybridized carbons (Fsp3) is 0. The third kappa shape index (κ3) is 2.34. The van der Waals surface area contributed by atoms with Crippen LogP contribution in [0.15, 0.2) is 66.7 Å². The predicted octanol–water partition coefficient (Wildman–Crippen LogP) is 7.22. The molecule has 3 aromatic carbocycles. The fourth-order valence-corrected chi connectivity index (χ4v) is 4.77. The van der Waals surface area contributed by atoms with Gasteiger partial charge in [0.05, 0.1) is 26.8 Å². The molecule has 2 aromatic heterocycles. The van der Waals surface area contributed by atoms with Crippen LogP contribution in [0.2, 0.25) is 10.0 Å². The van der Waals surface area contributed by atoms with Gasteiger partial charge in [0.1, 0.15) is 5.65 Å². The summed E-state index contributed by atoms with van der Waals surface area (Å²) in [5, 5.41) is 3.35. The van der Waals surface area contributed by atoms with Crippen molar-refractivity contribution in [3.05, 3.63) is 80.3 Å². The molecule has 26 heavy (non-hydrogen) atoms. The topological polar surface area (TPSA) is 17.3 Å². The Hall–Kier alpha value is -1.82.